The standard InChI is InChI=1S/C36H54N10O6.C2HF3O2/c37-16-6-4-13-27-32(48)42-23-52-18-15-29(46-36(39)40)35(51)45-30(20-24-9-2-1-3-10-24)33(49)41-22-26-12-8-11-25(19-26)21-31(47)43-28(34(50)44-27)14-5-7-17-38;3-2(4,5)1(6)7/h1-3,8-12,19,27-30H,4-7,13-18,20-23,37-38H2,(H,41,49)(H,42,48)(H,43,47)(H,44,50)(H,45,51)(H4,39,40,46);(H,6,7)/t27-,28-,29+,30+;/m0./s1. The molecule has 14 N–H and O–H groups in total. The van der Waals surface area contributed by atoms with Crippen LogP contribution in [0.1, 0.15) is 61.6 Å². The second-order valence-corrected chi connectivity index (χ2v) is 13.5. The molecule has 0 radical (unpaired) electrons. The van der Waals surface area contributed by atoms with E-state index >= 15 is 0 Å². The lowest BCUT2D eigenvalue weighted by Crippen LogP contribution is -2.54. The predicted molar refractivity (Wildman–Crippen MR) is 211 cm³/mol. The zero-order chi connectivity index (χ0) is 43.8. The molecular weight excluding hydrogens is 781 g/mol. The number of rotatable bonds is 11. The summed E-state index contributed by atoms with van der Waals surface area (Å²) < 4.78 is 37.4. The van der Waals surface area contributed by atoms with Crippen molar-refractivity contribution in [3.63, 3.8) is 0 Å². The molecule has 5 amide bonds. The van der Waals surface area contributed by atoms with Gasteiger partial charge in [0.05, 0.1) is 13.0 Å². The van der Waals surface area contributed by atoms with Crippen LogP contribution in [0, 0.1) is 0 Å². The molecule has 2 bridgehead atoms. The number of guanidine groups is 1. The van der Waals surface area contributed by atoms with Crippen molar-refractivity contribution in [3.8, 4) is 0 Å². The first kappa shape index (κ1) is 49.3. The number of aliphatic imine (C=N–C) groups is 1. The van der Waals surface area contributed by atoms with Crippen molar-refractivity contribution in [2.45, 2.75) is 94.7 Å². The van der Waals surface area contributed by atoms with Gasteiger partial charge in [-0.25, -0.2) is 9.79 Å². The minimum absolute atomic E-state index is 0.0273. The molecule has 3 rings (SSSR count). The number of nitrogens with two attached hydrogens (primary N) is 4. The van der Waals surface area contributed by atoms with Gasteiger partial charge in [0.25, 0.3) is 0 Å². The number of nitrogens with one attached hydrogen (secondary N) is 5. The molecule has 1 aliphatic rings. The van der Waals surface area contributed by atoms with Crippen LogP contribution in [0.25, 0.3) is 0 Å². The Labute approximate surface area is 339 Å². The van der Waals surface area contributed by atoms with E-state index in [9.17, 15) is 37.1 Å². The summed E-state index contributed by atoms with van der Waals surface area (Å²) in [5, 5.41) is 21.1. The molecule has 0 saturated carbocycles. The van der Waals surface area contributed by atoms with E-state index < -0.39 is 59.9 Å². The summed E-state index contributed by atoms with van der Waals surface area (Å²) in [6, 6.07) is 12.5. The number of halogens is 3. The van der Waals surface area contributed by atoms with E-state index in [1.807, 2.05) is 36.4 Å². The third kappa shape index (κ3) is 20.0. The monoisotopic (exact) mass is 836 g/mol. The molecule has 0 unspecified atom stereocenters. The Morgan fingerprint density at radius 3 is 1.93 bits per heavy atom. The smallest absolute Gasteiger partial charge is 0.475 e. The van der Waals surface area contributed by atoms with Crippen molar-refractivity contribution in [3.05, 3.63) is 71.3 Å². The second-order valence-electron chi connectivity index (χ2n) is 13.5. The van der Waals surface area contributed by atoms with E-state index in [1.165, 1.54) is 0 Å². The van der Waals surface area contributed by atoms with Crippen LogP contribution < -0.4 is 49.5 Å². The van der Waals surface area contributed by atoms with Gasteiger partial charge in [0.1, 0.15) is 30.9 Å². The van der Waals surface area contributed by atoms with Crippen LogP contribution in [-0.2, 0) is 52.9 Å². The highest BCUT2D eigenvalue weighted by atomic mass is 19.4. The highest BCUT2D eigenvalue weighted by Crippen LogP contribution is 2.13. The summed E-state index contributed by atoms with van der Waals surface area (Å²) in [6.07, 6.45) is -1.77. The predicted octanol–water partition coefficient (Wildman–Crippen LogP) is -0.430. The van der Waals surface area contributed by atoms with E-state index in [1.54, 1.807) is 18.2 Å². The number of hydrogen-bond acceptors (Lipinski definition) is 10. The van der Waals surface area contributed by atoms with Crippen molar-refractivity contribution in [1.82, 2.24) is 26.6 Å². The molecule has 18 nitrogen and oxygen atoms in total. The number of alkyl halides is 3. The van der Waals surface area contributed by atoms with Crippen LogP contribution in [0.3, 0.4) is 0 Å². The molecule has 0 aromatic heterocycles. The number of carboxylic acid groups (broad SMARTS) is 1. The number of amides is 5. The van der Waals surface area contributed by atoms with Gasteiger partial charge in [0, 0.05) is 19.4 Å². The van der Waals surface area contributed by atoms with Crippen molar-refractivity contribution in [2.24, 2.45) is 27.9 Å². The second kappa shape index (κ2) is 26.3. The average Bonchev–Trinajstić information content (AvgIpc) is 3.18. The molecule has 59 heavy (non-hydrogen) atoms. The minimum Gasteiger partial charge on any atom is -0.475 e. The zero-order valence-corrected chi connectivity index (χ0v) is 32.6. The Morgan fingerprint density at radius 1 is 0.763 bits per heavy atom. The van der Waals surface area contributed by atoms with Gasteiger partial charge in [-0.3, -0.25) is 24.0 Å². The molecule has 1 aliphatic heterocycles. The molecule has 2 aromatic rings. The Hall–Kier alpha value is -5.80. The fraction of sp³-hybridized carbons (Fsp3) is 0.500. The van der Waals surface area contributed by atoms with Gasteiger partial charge < -0.3 is 59.4 Å². The molecule has 21 heteroatoms. The molecule has 1 heterocycles. The molecular formula is C38H55F3N10O8. The van der Waals surface area contributed by atoms with Gasteiger partial charge in [-0.05, 0) is 68.3 Å². The van der Waals surface area contributed by atoms with E-state index in [0.29, 0.717) is 57.2 Å². The molecule has 0 saturated heterocycles. The number of benzene rings is 2. The van der Waals surface area contributed by atoms with Crippen LogP contribution in [0.4, 0.5) is 13.2 Å². The van der Waals surface area contributed by atoms with Crippen LogP contribution in [0.2, 0.25) is 0 Å². The van der Waals surface area contributed by atoms with Crippen LogP contribution in [-0.4, -0.2) is 103 Å². The molecule has 0 spiro atoms. The topological polar surface area (TPSA) is 308 Å². The van der Waals surface area contributed by atoms with E-state index in [0.717, 1.165) is 11.1 Å². The van der Waals surface area contributed by atoms with Crippen molar-refractivity contribution in [2.75, 3.05) is 26.4 Å². The number of hydrogen-bond donors (Lipinski definition) is 10. The summed E-state index contributed by atoms with van der Waals surface area (Å²) in [6.45, 7) is 0.718. The fourth-order valence-corrected chi connectivity index (χ4v) is 5.66. The highest BCUT2D eigenvalue weighted by molar-refractivity contribution is 5.93. The van der Waals surface area contributed by atoms with Gasteiger partial charge in [-0.1, -0.05) is 54.6 Å². The number of ether oxygens (including phenoxy) is 1. The van der Waals surface area contributed by atoms with Gasteiger partial charge in [-0.15, -0.1) is 0 Å². The van der Waals surface area contributed by atoms with Gasteiger partial charge >= 0.3 is 12.1 Å². The number of carbonyl (C=O) groups excluding carboxylic acids is 5. The number of carboxylic acids is 1. The van der Waals surface area contributed by atoms with Crippen molar-refractivity contribution < 1.29 is 51.8 Å². The Morgan fingerprint density at radius 2 is 1.34 bits per heavy atom. The third-order valence-corrected chi connectivity index (χ3v) is 8.65. The lowest BCUT2D eigenvalue weighted by atomic mass is 10.0. The first-order chi connectivity index (χ1) is 28.0. The van der Waals surface area contributed by atoms with E-state index in [-0.39, 0.29) is 51.0 Å². The average molecular weight is 837 g/mol. The van der Waals surface area contributed by atoms with Gasteiger partial charge in [0.2, 0.25) is 29.5 Å². The number of aliphatic carboxylic acids is 1. The van der Waals surface area contributed by atoms with Gasteiger partial charge in [-0.2, -0.15) is 13.2 Å². The number of nitrogens with zero attached hydrogens (tertiary/aromatic N) is 1. The van der Waals surface area contributed by atoms with Gasteiger partial charge in [0.15, 0.2) is 5.96 Å². The Bertz CT molecular complexity index is 1700. The number of fused-ring (bicyclic) bond motifs is 2. The Kier molecular flexibility index (Phi) is 22.0. The van der Waals surface area contributed by atoms with E-state index in [2.05, 4.69) is 31.6 Å². The number of unbranched alkanes of at least 4 members (excludes halogenated alkanes) is 2. The third-order valence-electron chi connectivity index (χ3n) is 8.65. The summed E-state index contributed by atoms with van der Waals surface area (Å²) in [5.41, 5.74) is 24.8. The first-order valence-electron chi connectivity index (χ1n) is 19.0. The molecule has 0 fully saturated rings. The van der Waals surface area contributed by atoms with Crippen LogP contribution >= 0.6 is 0 Å². The molecule has 326 valence electrons. The maximum absolute atomic E-state index is 13.5. The van der Waals surface area contributed by atoms with Crippen LogP contribution in [0.15, 0.2) is 59.6 Å². The molecule has 2 aromatic carbocycles. The first-order valence-corrected chi connectivity index (χ1v) is 19.0. The minimum atomic E-state index is -5.08. The van der Waals surface area contributed by atoms with Crippen molar-refractivity contribution in [1.29, 1.82) is 0 Å². The lowest BCUT2D eigenvalue weighted by Gasteiger charge is -2.23. The quantitative estimate of drug-likeness (QED) is 0.0784. The summed E-state index contributed by atoms with van der Waals surface area (Å²) in [7, 11) is 0. The maximum atomic E-state index is 13.5. The summed E-state index contributed by atoms with van der Waals surface area (Å²) >= 11 is 0. The number of carbonyl (C=O) groups is 6. The molecule has 0 aliphatic carbocycles. The van der Waals surface area contributed by atoms with Crippen LogP contribution in [0.5, 0.6) is 0 Å². The largest absolute Gasteiger partial charge is 0.490 e. The molecule has 4 atom stereocenters. The zero-order valence-electron chi connectivity index (χ0n) is 32.6. The highest BCUT2D eigenvalue weighted by Gasteiger charge is 2.38. The SMILES string of the molecule is NCCCC[C@@H]1NC(=O)Cc2cccc(c2)CNC(=O)[C@@H](Cc2ccccc2)NC(=O)[C@H](N=C(N)N)CCOCNC(=O)[C@H](CCCCN)NC1=O.O=C(O)C(F)(F)F. The van der Waals surface area contributed by atoms with Crippen molar-refractivity contribution >= 4 is 41.5 Å². The maximum Gasteiger partial charge on any atom is 0.490 e. The Balaban J connectivity index is 0.00000157. The fourth-order valence-electron chi connectivity index (χ4n) is 5.66. The summed E-state index contributed by atoms with van der Waals surface area (Å²) in [5.74, 6) is -5.47. The normalized spacial score (nSPS) is 20.3. The summed E-state index contributed by atoms with van der Waals surface area (Å²) in [4.78, 5) is 80.0. The lowest BCUT2D eigenvalue weighted by molar-refractivity contribution is -0.192. The van der Waals surface area contributed by atoms with E-state index in [4.69, 9.17) is 37.6 Å².